The van der Waals surface area contributed by atoms with Crippen molar-refractivity contribution in [2.24, 2.45) is 5.92 Å². The summed E-state index contributed by atoms with van der Waals surface area (Å²) in [6.45, 7) is 0.512. The van der Waals surface area contributed by atoms with E-state index < -0.39 is 33.8 Å². The molecule has 1 saturated heterocycles. The third-order valence-electron chi connectivity index (χ3n) is 3.97. The van der Waals surface area contributed by atoms with Crippen LogP contribution in [-0.4, -0.2) is 38.7 Å². The van der Waals surface area contributed by atoms with Crippen molar-refractivity contribution in [3.63, 3.8) is 0 Å². The minimum absolute atomic E-state index is 0.129. The van der Waals surface area contributed by atoms with Crippen LogP contribution in [0.3, 0.4) is 0 Å². The van der Waals surface area contributed by atoms with E-state index in [0.717, 1.165) is 0 Å². The molecule has 2 atom stereocenters. The van der Waals surface area contributed by atoms with Crippen LogP contribution in [0.2, 0.25) is 0 Å². The van der Waals surface area contributed by atoms with E-state index in [1.54, 1.807) is 36.5 Å². The second-order valence-electron chi connectivity index (χ2n) is 5.74. The SMILES string of the molecule is O=C(NS(=O)(=O)Cc1cccc2ncccc12)C(F)C1CCOC1. The number of carbonyl (C=O) groups is 1. The van der Waals surface area contributed by atoms with Crippen LogP contribution in [0, 0.1) is 5.92 Å². The van der Waals surface area contributed by atoms with Gasteiger partial charge in [0.15, 0.2) is 6.17 Å². The number of nitrogens with zero attached hydrogens (tertiary/aromatic N) is 1. The van der Waals surface area contributed by atoms with Gasteiger partial charge >= 0.3 is 0 Å². The Morgan fingerprint density at radius 1 is 1.38 bits per heavy atom. The number of hydrogen-bond acceptors (Lipinski definition) is 5. The largest absolute Gasteiger partial charge is 0.381 e. The highest BCUT2D eigenvalue weighted by atomic mass is 32.2. The van der Waals surface area contributed by atoms with Gasteiger partial charge in [-0.2, -0.15) is 0 Å². The lowest BCUT2D eigenvalue weighted by Crippen LogP contribution is -2.40. The van der Waals surface area contributed by atoms with E-state index in [4.69, 9.17) is 4.74 Å². The molecule has 0 radical (unpaired) electrons. The normalized spacial score (nSPS) is 19.3. The average Bonchev–Trinajstić information content (AvgIpc) is 3.08. The molecule has 24 heavy (non-hydrogen) atoms. The van der Waals surface area contributed by atoms with Crippen LogP contribution in [0.5, 0.6) is 0 Å². The molecule has 1 N–H and O–H groups in total. The third kappa shape index (κ3) is 3.70. The fraction of sp³-hybridized carbons (Fsp3) is 0.375. The molecule has 0 bridgehead atoms. The summed E-state index contributed by atoms with van der Waals surface area (Å²) in [4.78, 5) is 16.0. The molecule has 2 heterocycles. The van der Waals surface area contributed by atoms with Crippen LogP contribution >= 0.6 is 0 Å². The van der Waals surface area contributed by atoms with Gasteiger partial charge in [0.25, 0.3) is 5.91 Å². The van der Waals surface area contributed by atoms with E-state index >= 15 is 0 Å². The molecular formula is C16H17FN2O4S. The number of fused-ring (bicyclic) bond motifs is 1. The number of aromatic nitrogens is 1. The lowest BCUT2D eigenvalue weighted by Gasteiger charge is -2.14. The van der Waals surface area contributed by atoms with Crippen LogP contribution in [-0.2, 0) is 25.3 Å². The second-order valence-corrected chi connectivity index (χ2v) is 7.46. The number of sulfonamides is 1. The number of nitrogens with one attached hydrogen (secondary N) is 1. The molecule has 0 aliphatic carbocycles. The smallest absolute Gasteiger partial charge is 0.268 e. The maximum atomic E-state index is 14.1. The summed E-state index contributed by atoms with van der Waals surface area (Å²) in [7, 11) is -4.01. The Kier molecular flexibility index (Phi) is 4.77. The Balaban J connectivity index is 1.74. The summed E-state index contributed by atoms with van der Waals surface area (Å²) >= 11 is 0. The van der Waals surface area contributed by atoms with Crippen molar-refractivity contribution in [2.75, 3.05) is 13.2 Å². The maximum absolute atomic E-state index is 14.1. The number of carbonyl (C=O) groups excluding carboxylic acids is 1. The summed E-state index contributed by atoms with van der Waals surface area (Å²) in [5, 5.41) is 0.679. The lowest BCUT2D eigenvalue weighted by atomic mass is 10.0. The first kappa shape index (κ1) is 16.8. The van der Waals surface area contributed by atoms with Crippen LogP contribution in [0.1, 0.15) is 12.0 Å². The van der Waals surface area contributed by atoms with Crippen molar-refractivity contribution < 1.29 is 22.3 Å². The quantitative estimate of drug-likeness (QED) is 0.883. The fourth-order valence-electron chi connectivity index (χ4n) is 2.74. The minimum Gasteiger partial charge on any atom is -0.381 e. The molecule has 2 unspecified atom stereocenters. The predicted molar refractivity (Wildman–Crippen MR) is 86.3 cm³/mol. The molecule has 1 aliphatic heterocycles. The lowest BCUT2D eigenvalue weighted by molar-refractivity contribution is -0.126. The minimum atomic E-state index is -4.01. The molecule has 1 aliphatic rings. The molecular weight excluding hydrogens is 335 g/mol. The zero-order valence-electron chi connectivity index (χ0n) is 12.8. The standard InChI is InChI=1S/C16H17FN2O4S/c17-15(11-6-8-23-9-11)16(20)19-24(21,22)10-12-3-1-5-14-13(12)4-2-7-18-14/h1-5,7,11,15H,6,8-10H2,(H,19,20). The molecule has 0 saturated carbocycles. The van der Waals surface area contributed by atoms with Crippen molar-refractivity contribution in [3.8, 4) is 0 Å². The number of ether oxygens (including phenoxy) is 1. The van der Waals surface area contributed by atoms with E-state index in [9.17, 15) is 17.6 Å². The number of benzene rings is 1. The van der Waals surface area contributed by atoms with Crippen molar-refractivity contribution in [1.82, 2.24) is 9.71 Å². The number of amides is 1. The number of pyridine rings is 1. The summed E-state index contributed by atoms with van der Waals surface area (Å²) in [5.74, 6) is -2.15. The van der Waals surface area contributed by atoms with Crippen LogP contribution in [0.25, 0.3) is 10.9 Å². The Hall–Kier alpha value is -2.06. The molecule has 2 aromatic rings. The van der Waals surface area contributed by atoms with Gasteiger partial charge in [-0.15, -0.1) is 0 Å². The van der Waals surface area contributed by atoms with Gasteiger partial charge in [0.05, 0.1) is 17.9 Å². The van der Waals surface area contributed by atoms with Gasteiger partial charge in [-0.25, -0.2) is 12.8 Å². The van der Waals surface area contributed by atoms with Gasteiger partial charge in [0.2, 0.25) is 10.0 Å². The highest BCUT2D eigenvalue weighted by Gasteiger charge is 2.33. The Bertz CT molecular complexity index is 845. The van der Waals surface area contributed by atoms with Gasteiger partial charge < -0.3 is 4.74 Å². The van der Waals surface area contributed by atoms with E-state index in [0.29, 0.717) is 29.5 Å². The third-order valence-corrected chi connectivity index (χ3v) is 5.17. The Labute approximate surface area is 139 Å². The topological polar surface area (TPSA) is 85.4 Å². The first-order valence-electron chi connectivity index (χ1n) is 7.55. The Morgan fingerprint density at radius 2 is 2.21 bits per heavy atom. The first-order chi connectivity index (χ1) is 11.5. The van der Waals surface area contributed by atoms with Crippen molar-refractivity contribution in [3.05, 3.63) is 42.1 Å². The van der Waals surface area contributed by atoms with E-state index in [1.807, 2.05) is 4.72 Å². The summed E-state index contributed by atoms with van der Waals surface area (Å²) in [6.07, 6.45) is 0.125. The number of rotatable bonds is 5. The van der Waals surface area contributed by atoms with E-state index in [-0.39, 0.29) is 6.61 Å². The molecule has 0 spiro atoms. The highest BCUT2D eigenvalue weighted by molar-refractivity contribution is 7.89. The zero-order valence-corrected chi connectivity index (χ0v) is 13.6. The van der Waals surface area contributed by atoms with Crippen molar-refractivity contribution in [1.29, 1.82) is 0 Å². The van der Waals surface area contributed by atoms with Gasteiger partial charge in [0.1, 0.15) is 0 Å². The molecule has 6 nitrogen and oxygen atoms in total. The van der Waals surface area contributed by atoms with Gasteiger partial charge in [-0.1, -0.05) is 18.2 Å². The van der Waals surface area contributed by atoms with Gasteiger partial charge in [-0.05, 0) is 24.1 Å². The average molecular weight is 352 g/mol. The zero-order chi connectivity index (χ0) is 17.2. The monoisotopic (exact) mass is 352 g/mol. The predicted octanol–water partition coefficient (Wildman–Crippen LogP) is 1.56. The number of hydrogen-bond donors (Lipinski definition) is 1. The maximum Gasteiger partial charge on any atom is 0.268 e. The molecule has 1 fully saturated rings. The molecule has 8 heteroatoms. The van der Waals surface area contributed by atoms with Gasteiger partial charge in [-0.3, -0.25) is 14.5 Å². The molecule has 1 amide bonds. The molecule has 1 aromatic carbocycles. The van der Waals surface area contributed by atoms with Gasteiger partial charge in [0, 0.05) is 24.1 Å². The van der Waals surface area contributed by atoms with Crippen LogP contribution in [0.4, 0.5) is 4.39 Å². The van der Waals surface area contributed by atoms with E-state index in [2.05, 4.69) is 4.98 Å². The van der Waals surface area contributed by atoms with Crippen molar-refractivity contribution in [2.45, 2.75) is 18.3 Å². The molecule has 128 valence electrons. The number of alkyl halides is 1. The second kappa shape index (κ2) is 6.82. The fourth-order valence-corrected chi connectivity index (χ4v) is 3.89. The highest BCUT2D eigenvalue weighted by Crippen LogP contribution is 2.21. The Morgan fingerprint density at radius 3 is 2.96 bits per heavy atom. The summed E-state index contributed by atoms with van der Waals surface area (Å²) in [6, 6.07) is 8.56. The van der Waals surface area contributed by atoms with Crippen LogP contribution in [0.15, 0.2) is 36.5 Å². The molecule has 1 aromatic heterocycles. The van der Waals surface area contributed by atoms with Crippen molar-refractivity contribution >= 4 is 26.8 Å². The first-order valence-corrected chi connectivity index (χ1v) is 9.20. The molecule has 3 rings (SSSR count). The van der Waals surface area contributed by atoms with E-state index in [1.165, 1.54) is 0 Å². The summed E-state index contributed by atoms with van der Waals surface area (Å²) in [5.41, 5.74) is 1.16. The van der Waals surface area contributed by atoms with Crippen LogP contribution < -0.4 is 4.72 Å². The number of halogens is 1. The summed E-state index contributed by atoms with van der Waals surface area (Å²) < 4.78 is 45.4.